The number of rotatable bonds is 6. The molecule has 30 heavy (non-hydrogen) atoms. The fraction of sp³-hybridized carbons (Fsp3) is 0.0500. The summed E-state index contributed by atoms with van der Waals surface area (Å²) in [5.41, 5.74) is -0.175. The van der Waals surface area contributed by atoms with E-state index in [-0.39, 0.29) is 21.8 Å². The maximum atomic E-state index is 13.3. The molecule has 0 fully saturated rings. The Balaban J connectivity index is 2.12. The zero-order chi connectivity index (χ0) is 21.9. The lowest BCUT2D eigenvalue weighted by molar-refractivity contribution is -0.384. The lowest BCUT2D eigenvalue weighted by Gasteiger charge is -2.23. The number of non-ortho nitro benzene ring substituents is 1. The summed E-state index contributed by atoms with van der Waals surface area (Å²) >= 11 is 5.85. The summed E-state index contributed by atoms with van der Waals surface area (Å²) in [5, 5.41) is 11.2. The number of nitro groups is 1. The van der Waals surface area contributed by atoms with Crippen molar-refractivity contribution in [2.45, 2.75) is 4.90 Å². The van der Waals surface area contributed by atoms with Gasteiger partial charge in [-0.25, -0.2) is 8.42 Å². The topological polar surface area (TPSA) is 107 Å². The highest BCUT2D eigenvalue weighted by atomic mass is 35.5. The fourth-order valence-corrected chi connectivity index (χ4v) is 4.18. The van der Waals surface area contributed by atoms with Gasteiger partial charge < -0.3 is 4.74 Å². The highest BCUT2D eigenvalue weighted by Gasteiger charge is 2.32. The number of carbonyl (C=O) groups is 1. The lowest BCUT2D eigenvalue weighted by Crippen LogP contribution is -2.37. The van der Waals surface area contributed by atoms with Crippen molar-refractivity contribution in [3.05, 3.63) is 93.5 Å². The molecule has 0 aromatic heterocycles. The lowest BCUT2D eigenvalue weighted by atomic mass is 10.2. The van der Waals surface area contributed by atoms with Gasteiger partial charge in [0.15, 0.2) is 0 Å². The summed E-state index contributed by atoms with van der Waals surface area (Å²) < 4.78 is 32.3. The van der Waals surface area contributed by atoms with Crippen LogP contribution >= 0.6 is 11.6 Å². The van der Waals surface area contributed by atoms with Crippen LogP contribution in [-0.4, -0.2) is 26.4 Å². The molecule has 0 aliphatic rings. The van der Waals surface area contributed by atoms with E-state index in [1.165, 1.54) is 67.8 Å². The Bertz CT molecular complexity index is 1180. The predicted octanol–water partition coefficient (Wildman–Crippen LogP) is 4.29. The van der Waals surface area contributed by atoms with E-state index in [0.29, 0.717) is 15.1 Å². The minimum Gasteiger partial charge on any atom is -0.497 e. The standard InChI is InChI=1S/C20H15ClN2O6S/c1-29-18-10-8-16(9-11-18)22(30(27,28)19-12-4-15(21)5-13-19)20(24)14-2-6-17(7-3-14)23(25)26/h2-13H,1H3. The first-order chi connectivity index (χ1) is 14.2. The second kappa shape index (κ2) is 8.52. The molecular formula is C20H15ClN2O6S. The van der Waals surface area contributed by atoms with E-state index in [9.17, 15) is 23.3 Å². The third-order valence-corrected chi connectivity index (χ3v) is 6.15. The van der Waals surface area contributed by atoms with Crippen LogP contribution in [0.4, 0.5) is 11.4 Å². The van der Waals surface area contributed by atoms with Crippen molar-refractivity contribution in [3.63, 3.8) is 0 Å². The summed E-state index contributed by atoms with van der Waals surface area (Å²) in [6, 6.07) is 15.9. The second-order valence-electron chi connectivity index (χ2n) is 6.03. The Labute approximate surface area is 177 Å². The van der Waals surface area contributed by atoms with Gasteiger partial charge in [-0.2, -0.15) is 4.31 Å². The maximum Gasteiger partial charge on any atom is 0.272 e. The van der Waals surface area contributed by atoms with Crippen LogP contribution in [-0.2, 0) is 10.0 Å². The number of benzene rings is 3. The average molecular weight is 447 g/mol. The molecule has 0 saturated carbocycles. The van der Waals surface area contributed by atoms with Crippen molar-refractivity contribution in [2.75, 3.05) is 11.4 Å². The zero-order valence-electron chi connectivity index (χ0n) is 15.6. The van der Waals surface area contributed by atoms with E-state index in [1.807, 2.05) is 0 Å². The molecular weight excluding hydrogens is 432 g/mol. The zero-order valence-corrected chi connectivity index (χ0v) is 17.1. The number of halogens is 1. The molecule has 0 bridgehead atoms. The van der Waals surface area contributed by atoms with Gasteiger partial charge >= 0.3 is 0 Å². The fourth-order valence-electron chi connectivity index (χ4n) is 2.64. The van der Waals surface area contributed by atoms with Crippen LogP contribution in [0, 0.1) is 10.1 Å². The van der Waals surface area contributed by atoms with Crippen molar-refractivity contribution >= 4 is 38.9 Å². The van der Waals surface area contributed by atoms with Crippen LogP contribution in [0.2, 0.25) is 5.02 Å². The molecule has 3 aromatic carbocycles. The molecule has 3 aromatic rings. The summed E-state index contributed by atoms with van der Waals surface area (Å²) in [4.78, 5) is 23.3. The van der Waals surface area contributed by atoms with Gasteiger partial charge in [0, 0.05) is 22.7 Å². The number of carbonyl (C=O) groups excluding carboxylic acids is 1. The maximum absolute atomic E-state index is 13.3. The monoisotopic (exact) mass is 446 g/mol. The van der Waals surface area contributed by atoms with Crippen molar-refractivity contribution in [1.29, 1.82) is 0 Å². The number of nitrogens with zero attached hydrogens (tertiary/aromatic N) is 2. The molecule has 0 saturated heterocycles. The number of hydrogen-bond acceptors (Lipinski definition) is 6. The number of hydrogen-bond donors (Lipinski definition) is 0. The Kier molecular flexibility index (Phi) is 6.04. The van der Waals surface area contributed by atoms with Crippen molar-refractivity contribution in [1.82, 2.24) is 0 Å². The number of amides is 1. The van der Waals surface area contributed by atoms with E-state index in [4.69, 9.17) is 16.3 Å². The Morgan fingerprint density at radius 3 is 2.03 bits per heavy atom. The predicted molar refractivity (Wildman–Crippen MR) is 112 cm³/mol. The van der Waals surface area contributed by atoms with Gasteiger partial charge in [0.25, 0.3) is 21.6 Å². The molecule has 0 spiro atoms. The van der Waals surface area contributed by atoms with Gasteiger partial charge in [0.1, 0.15) is 5.75 Å². The quantitative estimate of drug-likeness (QED) is 0.413. The first kappa shape index (κ1) is 21.3. The van der Waals surface area contributed by atoms with E-state index >= 15 is 0 Å². The normalized spacial score (nSPS) is 11.0. The molecule has 3 rings (SSSR count). The number of sulfonamides is 1. The van der Waals surface area contributed by atoms with Gasteiger partial charge in [-0.3, -0.25) is 14.9 Å². The highest BCUT2D eigenvalue weighted by molar-refractivity contribution is 7.93. The van der Waals surface area contributed by atoms with Gasteiger partial charge in [0.2, 0.25) is 0 Å². The van der Waals surface area contributed by atoms with Gasteiger partial charge in [-0.05, 0) is 60.7 Å². The van der Waals surface area contributed by atoms with Crippen LogP contribution < -0.4 is 9.04 Å². The molecule has 154 valence electrons. The number of nitro benzene ring substituents is 1. The summed E-state index contributed by atoms with van der Waals surface area (Å²) in [6.45, 7) is 0. The molecule has 0 unspecified atom stereocenters. The molecule has 0 aliphatic carbocycles. The van der Waals surface area contributed by atoms with Crippen LogP contribution in [0.3, 0.4) is 0 Å². The molecule has 10 heteroatoms. The van der Waals surface area contributed by atoms with E-state index in [0.717, 1.165) is 12.1 Å². The number of ether oxygens (including phenoxy) is 1. The second-order valence-corrected chi connectivity index (χ2v) is 8.25. The first-order valence-electron chi connectivity index (χ1n) is 8.48. The van der Waals surface area contributed by atoms with Crippen molar-refractivity contribution < 1.29 is 22.9 Å². The number of anilines is 1. The van der Waals surface area contributed by atoms with Crippen molar-refractivity contribution in [2.24, 2.45) is 0 Å². The van der Waals surface area contributed by atoms with Crippen molar-refractivity contribution in [3.8, 4) is 5.75 Å². The molecule has 1 amide bonds. The molecule has 0 N–H and O–H groups in total. The van der Waals surface area contributed by atoms with Gasteiger partial charge in [0.05, 0.1) is 22.6 Å². The molecule has 0 heterocycles. The summed E-state index contributed by atoms with van der Waals surface area (Å²) in [7, 11) is -2.86. The molecule has 0 radical (unpaired) electrons. The average Bonchev–Trinajstić information content (AvgIpc) is 2.74. The number of methoxy groups -OCH3 is 1. The third-order valence-electron chi connectivity index (χ3n) is 4.17. The van der Waals surface area contributed by atoms with Crippen LogP contribution in [0.25, 0.3) is 0 Å². The summed E-state index contributed by atoms with van der Waals surface area (Å²) in [6.07, 6.45) is 0. The summed E-state index contributed by atoms with van der Waals surface area (Å²) in [5.74, 6) is -0.393. The van der Waals surface area contributed by atoms with Crippen LogP contribution in [0.5, 0.6) is 5.75 Å². The van der Waals surface area contributed by atoms with Gasteiger partial charge in [-0.1, -0.05) is 11.6 Å². The van der Waals surface area contributed by atoms with Crippen LogP contribution in [0.1, 0.15) is 10.4 Å². The minimum absolute atomic E-state index is 0.0334. The minimum atomic E-state index is -4.31. The molecule has 0 aliphatic heterocycles. The van der Waals surface area contributed by atoms with Gasteiger partial charge in [-0.15, -0.1) is 0 Å². The Morgan fingerprint density at radius 1 is 0.967 bits per heavy atom. The Hall–Kier alpha value is -3.43. The largest absolute Gasteiger partial charge is 0.497 e. The third kappa shape index (κ3) is 4.27. The van der Waals surface area contributed by atoms with E-state index < -0.39 is 20.9 Å². The molecule has 8 nitrogen and oxygen atoms in total. The van der Waals surface area contributed by atoms with E-state index in [1.54, 1.807) is 0 Å². The smallest absolute Gasteiger partial charge is 0.272 e. The van der Waals surface area contributed by atoms with E-state index in [2.05, 4.69) is 0 Å². The first-order valence-corrected chi connectivity index (χ1v) is 10.3. The molecule has 0 atom stereocenters. The SMILES string of the molecule is COc1ccc(N(C(=O)c2ccc([N+](=O)[O-])cc2)S(=O)(=O)c2ccc(Cl)cc2)cc1. The highest BCUT2D eigenvalue weighted by Crippen LogP contribution is 2.29. The Morgan fingerprint density at radius 2 is 1.53 bits per heavy atom. The van der Waals surface area contributed by atoms with Crippen LogP contribution in [0.15, 0.2) is 77.7 Å².